The summed E-state index contributed by atoms with van der Waals surface area (Å²) in [5, 5.41) is 0. The first-order valence-corrected chi connectivity index (χ1v) is 5.01. The molecule has 80 valence electrons. The van der Waals surface area contributed by atoms with E-state index in [0.29, 0.717) is 19.5 Å². The van der Waals surface area contributed by atoms with Crippen molar-refractivity contribution in [3.8, 4) is 0 Å². The van der Waals surface area contributed by atoms with Gasteiger partial charge in [-0.25, -0.2) is 4.98 Å². The molecule has 15 heavy (non-hydrogen) atoms. The maximum absolute atomic E-state index is 11.2. The van der Waals surface area contributed by atoms with Gasteiger partial charge in [-0.05, 0) is 6.42 Å². The van der Waals surface area contributed by atoms with Gasteiger partial charge in [0.05, 0.1) is 19.4 Å². The first-order valence-electron chi connectivity index (χ1n) is 5.01. The van der Waals surface area contributed by atoms with E-state index in [4.69, 9.17) is 0 Å². The van der Waals surface area contributed by atoms with Gasteiger partial charge in [-0.3, -0.25) is 4.79 Å². The van der Waals surface area contributed by atoms with Crippen molar-refractivity contribution in [2.24, 2.45) is 0 Å². The van der Waals surface area contributed by atoms with Crippen LogP contribution in [0.3, 0.4) is 0 Å². The zero-order chi connectivity index (χ0) is 10.7. The average Bonchev–Trinajstić information content (AvgIpc) is 2.67. The first-order chi connectivity index (χ1) is 7.29. The fourth-order valence-electron chi connectivity index (χ4n) is 1.73. The third-order valence-corrected chi connectivity index (χ3v) is 2.48. The normalized spacial score (nSPS) is 16.8. The Morgan fingerprint density at radius 3 is 3.13 bits per heavy atom. The number of imidazole rings is 1. The van der Waals surface area contributed by atoms with Crippen LogP contribution in [0.15, 0.2) is 12.5 Å². The van der Waals surface area contributed by atoms with Gasteiger partial charge in [-0.2, -0.15) is 0 Å². The van der Waals surface area contributed by atoms with Crippen molar-refractivity contribution >= 4 is 17.9 Å². The molecule has 1 aliphatic heterocycles. The summed E-state index contributed by atoms with van der Waals surface area (Å²) in [5.74, 6) is 1.04. The van der Waals surface area contributed by atoms with E-state index in [9.17, 15) is 9.59 Å². The van der Waals surface area contributed by atoms with Crippen molar-refractivity contribution in [1.82, 2.24) is 9.55 Å². The van der Waals surface area contributed by atoms with Crippen LogP contribution in [0.25, 0.3) is 0 Å². The average molecular weight is 207 g/mol. The number of hydrogen-bond donors (Lipinski definition) is 0. The topological polar surface area (TPSA) is 55.2 Å². The molecule has 0 saturated carbocycles. The van der Waals surface area contributed by atoms with Gasteiger partial charge < -0.3 is 14.3 Å². The highest BCUT2D eigenvalue weighted by atomic mass is 16.1. The molecular formula is C10H13N3O2. The van der Waals surface area contributed by atoms with Gasteiger partial charge in [0, 0.05) is 19.2 Å². The molecule has 0 bridgehead atoms. The van der Waals surface area contributed by atoms with E-state index in [0.717, 1.165) is 25.1 Å². The van der Waals surface area contributed by atoms with Crippen molar-refractivity contribution < 1.29 is 9.59 Å². The van der Waals surface area contributed by atoms with Crippen LogP contribution in [0.5, 0.6) is 0 Å². The van der Waals surface area contributed by atoms with E-state index in [1.807, 2.05) is 4.90 Å². The summed E-state index contributed by atoms with van der Waals surface area (Å²) >= 11 is 0. The van der Waals surface area contributed by atoms with Gasteiger partial charge in [0.25, 0.3) is 0 Å². The quantitative estimate of drug-likeness (QED) is 0.667. The third-order valence-electron chi connectivity index (χ3n) is 2.48. The molecule has 0 aromatic carbocycles. The van der Waals surface area contributed by atoms with Gasteiger partial charge in [-0.1, -0.05) is 0 Å². The Kier molecular flexibility index (Phi) is 2.80. The van der Waals surface area contributed by atoms with Gasteiger partial charge in [0.15, 0.2) is 5.78 Å². The van der Waals surface area contributed by atoms with Crippen LogP contribution in [-0.4, -0.2) is 34.7 Å². The molecule has 1 saturated heterocycles. The molecule has 0 aliphatic carbocycles. The smallest absolute Gasteiger partial charge is 0.152 e. The van der Waals surface area contributed by atoms with Crippen LogP contribution in [0.4, 0.5) is 5.82 Å². The molecule has 0 radical (unpaired) electrons. The molecular weight excluding hydrogens is 194 g/mol. The van der Waals surface area contributed by atoms with Crippen molar-refractivity contribution in [2.45, 2.75) is 19.4 Å². The Bertz CT molecular complexity index is 372. The van der Waals surface area contributed by atoms with E-state index in [2.05, 4.69) is 4.98 Å². The molecule has 5 nitrogen and oxygen atoms in total. The summed E-state index contributed by atoms with van der Waals surface area (Å²) in [6.07, 6.45) is 5.80. The number of anilines is 1. The highest BCUT2D eigenvalue weighted by molar-refractivity contribution is 5.84. The van der Waals surface area contributed by atoms with E-state index >= 15 is 0 Å². The van der Waals surface area contributed by atoms with Crippen LogP contribution in [-0.2, 0) is 16.1 Å². The summed E-state index contributed by atoms with van der Waals surface area (Å²) < 4.78 is 1.71. The van der Waals surface area contributed by atoms with Crippen LogP contribution in [0.2, 0.25) is 0 Å². The fourth-order valence-corrected chi connectivity index (χ4v) is 1.73. The van der Waals surface area contributed by atoms with Crippen LogP contribution >= 0.6 is 0 Å². The number of Topliss-reactive ketones (excluding diaryl/α,β-unsaturated/α-hetero) is 1. The monoisotopic (exact) mass is 207 g/mol. The lowest BCUT2D eigenvalue weighted by atomic mass is 10.1. The molecule has 0 N–H and O–H groups in total. The number of piperidine rings is 1. The van der Waals surface area contributed by atoms with Gasteiger partial charge in [-0.15, -0.1) is 0 Å². The molecule has 1 aromatic rings. The number of rotatable bonds is 3. The zero-order valence-corrected chi connectivity index (χ0v) is 8.43. The summed E-state index contributed by atoms with van der Waals surface area (Å²) in [4.78, 5) is 27.7. The van der Waals surface area contributed by atoms with Crippen LogP contribution in [0.1, 0.15) is 12.8 Å². The summed E-state index contributed by atoms with van der Waals surface area (Å²) in [5.41, 5.74) is 0. The highest BCUT2D eigenvalue weighted by Crippen LogP contribution is 2.15. The predicted molar refractivity (Wildman–Crippen MR) is 54.7 cm³/mol. The number of carbonyl (C=O) groups is 2. The number of nitrogens with zero attached hydrogens (tertiary/aromatic N) is 3. The molecule has 0 spiro atoms. The molecule has 1 fully saturated rings. The van der Waals surface area contributed by atoms with E-state index in [1.165, 1.54) is 0 Å². The Morgan fingerprint density at radius 2 is 2.40 bits per heavy atom. The minimum absolute atomic E-state index is 0.256. The SMILES string of the molecule is O=CCn1cnc(N2CCCC(=O)C2)c1. The Balaban J connectivity index is 2.07. The lowest BCUT2D eigenvalue weighted by Crippen LogP contribution is -2.35. The lowest BCUT2D eigenvalue weighted by Gasteiger charge is -2.25. The van der Waals surface area contributed by atoms with Crippen molar-refractivity contribution in [3.63, 3.8) is 0 Å². The predicted octanol–water partition coefficient (Wildman–Crippen LogP) is 0.251. The van der Waals surface area contributed by atoms with Crippen molar-refractivity contribution in [2.75, 3.05) is 18.0 Å². The molecule has 1 aliphatic rings. The highest BCUT2D eigenvalue weighted by Gasteiger charge is 2.18. The number of aldehydes is 1. The molecule has 0 unspecified atom stereocenters. The lowest BCUT2D eigenvalue weighted by molar-refractivity contribution is -0.118. The largest absolute Gasteiger partial charge is 0.348 e. The van der Waals surface area contributed by atoms with Crippen molar-refractivity contribution in [3.05, 3.63) is 12.5 Å². The first kappa shape index (κ1) is 9.89. The maximum atomic E-state index is 11.2. The molecule has 2 heterocycles. The summed E-state index contributed by atoms with van der Waals surface area (Å²) in [7, 11) is 0. The summed E-state index contributed by atoms with van der Waals surface area (Å²) in [6, 6.07) is 0. The van der Waals surface area contributed by atoms with Crippen LogP contribution in [0, 0.1) is 0 Å². The Morgan fingerprint density at radius 1 is 1.53 bits per heavy atom. The standard InChI is InChI=1S/C10H13N3O2/c14-5-4-12-7-10(11-8-12)13-3-1-2-9(15)6-13/h5,7-8H,1-4,6H2. The second kappa shape index (κ2) is 4.25. The van der Waals surface area contributed by atoms with Crippen molar-refractivity contribution in [1.29, 1.82) is 0 Å². The molecule has 1 aromatic heterocycles. The third kappa shape index (κ3) is 2.23. The minimum atomic E-state index is 0.256. The molecule has 2 rings (SSSR count). The Labute approximate surface area is 87.7 Å². The Hall–Kier alpha value is -1.65. The molecule has 0 amide bonds. The zero-order valence-electron chi connectivity index (χ0n) is 8.43. The van der Waals surface area contributed by atoms with E-state index < -0.39 is 0 Å². The van der Waals surface area contributed by atoms with Gasteiger partial charge >= 0.3 is 0 Å². The maximum Gasteiger partial charge on any atom is 0.152 e. The molecule has 5 heteroatoms. The van der Waals surface area contributed by atoms with E-state index in [1.54, 1.807) is 17.1 Å². The van der Waals surface area contributed by atoms with Gasteiger partial charge in [0.2, 0.25) is 0 Å². The van der Waals surface area contributed by atoms with Crippen LogP contribution < -0.4 is 4.90 Å². The fraction of sp³-hybridized carbons (Fsp3) is 0.500. The number of carbonyl (C=O) groups excluding carboxylic acids is 2. The number of ketones is 1. The van der Waals surface area contributed by atoms with Gasteiger partial charge in [0.1, 0.15) is 12.1 Å². The number of hydrogen-bond acceptors (Lipinski definition) is 4. The number of aromatic nitrogens is 2. The summed E-state index contributed by atoms with van der Waals surface area (Å²) in [6.45, 7) is 1.62. The minimum Gasteiger partial charge on any atom is -0.348 e. The second-order valence-electron chi connectivity index (χ2n) is 3.66. The van der Waals surface area contributed by atoms with E-state index in [-0.39, 0.29) is 5.78 Å². The second-order valence-corrected chi connectivity index (χ2v) is 3.66. The molecule has 0 atom stereocenters.